The van der Waals surface area contributed by atoms with Gasteiger partial charge in [-0.2, -0.15) is 0 Å². The molecule has 284 valence electrons. The van der Waals surface area contributed by atoms with Gasteiger partial charge in [-0.15, -0.1) is 0 Å². The molecule has 0 fully saturated rings. The van der Waals surface area contributed by atoms with Crippen molar-refractivity contribution in [2.45, 2.75) is 122 Å². The monoisotopic (exact) mass is 796 g/mol. The maximum atomic E-state index is 3.73. The third kappa shape index (κ3) is 5.90. The highest BCUT2D eigenvalue weighted by molar-refractivity contribution is 9.10. The summed E-state index contributed by atoms with van der Waals surface area (Å²) in [5.41, 5.74) is 22.5. The second-order valence-electron chi connectivity index (χ2n) is 18.2. The summed E-state index contributed by atoms with van der Waals surface area (Å²) in [5, 5.41) is 0. The fraction of sp³-hybridized carbons (Fsp3) is 0.345. The van der Waals surface area contributed by atoms with Crippen LogP contribution in [0.2, 0.25) is 0 Å². The van der Waals surface area contributed by atoms with Gasteiger partial charge in [0.05, 0.1) is 0 Å². The molecule has 56 heavy (non-hydrogen) atoms. The van der Waals surface area contributed by atoms with Crippen LogP contribution < -0.4 is 0 Å². The first kappa shape index (κ1) is 37.4. The van der Waals surface area contributed by atoms with Crippen LogP contribution in [-0.4, -0.2) is 0 Å². The van der Waals surface area contributed by atoms with E-state index < -0.39 is 0 Å². The van der Waals surface area contributed by atoms with Crippen molar-refractivity contribution in [1.29, 1.82) is 0 Å². The largest absolute Gasteiger partial charge is 0.0654 e. The second-order valence-corrected chi connectivity index (χ2v) is 19.1. The molecule has 0 saturated carbocycles. The third-order valence-corrected chi connectivity index (χ3v) is 14.7. The molecule has 0 unspecified atom stereocenters. The van der Waals surface area contributed by atoms with Gasteiger partial charge in [-0.1, -0.05) is 188 Å². The van der Waals surface area contributed by atoms with Crippen molar-refractivity contribution in [3.8, 4) is 55.6 Å². The highest BCUT2D eigenvalue weighted by Gasteiger charge is 2.43. The van der Waals surface area contributed by atoms with E-state index in [2.05, 4.69) is 173 Å². The Kier molecular flexibility index (Phi) is 9.56. The molecule has 0 saturated heterocycles. The van der Waals surface area contributed by atoms with E-state index in [1.54, 1.807) is 11.1 Å². The number of hydrogen-bond donors (Lipinski definition) is 0. The molecule has 0 spiro atoms. The van der Waals surface area contributed by atoms with Crippen LogP contribution in [0.15, 0.2) is 120 Å². The van der Waals surface area contributed by atoms with Gasteiger partial charge < -0.3 is 0 Å². The van der Waals surface area contributed by atoms with Gasteiger partial charge >= 0.3 is 0 Å². The summed E-state index contributed by atoms with van der Waals surface area (Å²) >= 11 is 3.73. The average molecular weight is 798 g/mol. The first-order valence-electron chi connectivity index (χ1n) is 21.6. The highest BCUT2D eigenvalue weighted by atomic mass is 79.9. The Bertz CT molecular complexity index is 2460. The summed E-state index contributed by atoms with van der Waals surface area (Å²) in [6.45, 7) is 14.3. The van der Waals surface area contributed by atoms with Crippen LogP contribution in [-0.2, 0) is 16.2 Å². The van der Waals surface area contributed by atoms with Gasteiger partial charge in [-0.3, -0.25) is 0 Å². The molecule has 0 heterocycles. The summed E-state index contributed by atoms with van der Waals surface area (Å²) in [6, 6.07) is 45.3. The van der Waals surface area contributed by atoms with Gasteiger partial charge in [0.25, 0.3) is 0 Å². The van der Waals surface area contributed by atoms with Crippen LogP contribution in [0.25, 0.3) is 55.6 Å². The van der Waals surface area contributed by atoms with E-state index in [1.807, 2.05) is 0 Å². The lowest BCUT2D eigenvalue weighted by atomic mass is 9.70. The van der Waals surface area contributed by atoms with Crippen molar-refractivity contribution in [3.05, 3.63) is 153 Å². The molecule has 6 aromatic rings. The SMILES string of the molecule is CCCCCCC1(CCCCCC)c2ccccc2-c2ccc(-c3ccc4c(c3)C(C)(C)c3cc(-c5ccc6c(c5)C(C)(C)c5cc(Br)ccc5-6)ccc3-4)cc21. The maximum absolute atomic E-state index is 3.73. The molecule has 0 amide bonds. The number of fused-ring (bicyclic) bond motifs is 9. The summed E-state index contributed by atoms with van der Waals surface area (Å²) in [4.78, 5) is 0. The molecule has 0 atom stereocenters. The summed E-state index contributed by atoms with van der Waals surface area (Å²) in [5.74, 6) is 0. The Morgan fingerprint density at radius 1 is 0.375 bits per heavy atom. The predicted molar refractivity (Wildman–Crippen MR) is 244 cm³/mol. The average Bonchev–Trinajstić information content (AvgIpc) is 3.71. The number of benzene rings is 6. The maximum Gasteiger partial charge on any atom is 0.0215 e. The van der Waals surface area contributed by atoms with Gasteiger partial charge in [-0.25, -0.2) is 0 Å². The van der Waals surface area contributed by atoms with E-state index in [0.29, 0.717) is 0 Å². The lowest BCUT2D eigenvalue weighted by molar-refractivity contribution is 0.401. The molecule has 1 heteroatoms. The Balaban J connectivity index is 1.07. The molecule has 0 nitrogen and oxygen atoms in total. The zero-order valence-corrected chi connectivity index (χ0v) is 36.0. The summed E-state index contributed by atoms with van der Waals surface area (Å²) in [7, 11) is 0. The smallest absolute Gasteiger partial charge is 0.0215 e. The first-order chi connectivity index (χ1) is 27.1. The Hall–Kier alpha value is -4.20. The molecular weight excluding hydrogens is 741 g/mol. The van der Waals surface area contributed by atoms with Gasteiger partial charge in [0.2, 0.25) is 0 Å². The molecule has 0 bridgehead atoms. The Labute approximate surface area is 345 Å². The van der Waals surface area contributed by atoms with Gasteiger partial charge in [-0.05, 0) is 138 Å². The van der Waals surface area contributed by atoms with E-state index >= 15 is 0 Å². The molecule has 3 aliphatic rings. The van der Waals surface area contributed by atoms with Crippen LogP contribution in [0.3, 0.4) is 0 Å². The van der Waals surface area contributed by atoms with E-state index in [0.717, 1.165) is 4.47 Å². The van der Waals surface area contributed by atoms with E-state index in [1.165, 1.54) is 142 Å². The standard InChI is InChI=1S/C55H57Br/c1-7-9-11-15-29-55(30-16-12-10-8-2)47-18-14-13-17-41(47)46-27-22-39(34-52(46)55)38-21-25-43-42-24-19-36(31-48(42)53(3,4)49(43)33-38)37-20-26-44-45-28-23-40(56)35-51(45)54(5,6)50(44)32-37/h13-14,17-28,31-35H,7-12,15-16,29-30H2,1-6H3. The normalized spacial score (nSPS) is 15.8. The summed E-state index contributed by atoms with van der Waals surface area (Å²) < 4.78 is 1.14. The molecule has 6 aromatic carbocycles. The Morgan fingerprint density at radius 2 is 0.750 bits per heavy atom. The Morgan fingerprint density at radius 3 is 1.21 bits per heavy atom. The van der Waals surface area contributed by atoms with Crippen LogP contribution >= 0.6 is 15.9 Å². The minimum absolute atomic E-state index is 0.0444. The van der Waals surface area contributed by atoms with Crippen molar-refractivity contribution in [2.75, 3.05) is 0 Å². The molecule has 0 N–H and O–H groups in total. The molecule has 9 rings (SSSR count). The predicted octanol–water partition coefficient (Wildman–Crippen LogP) is 16.6. The van der Waals surface area contributed by atoms with Gasteiger partial charge in [0, 0.05) is 20.7 Å². The van der Waals surface area contributed by atoms with Crippen molar-refractivity contribution < 1.29 is 0 Å². The molecule has 0 radical (unpaired) electrons. The van der Waals surface area contributed by atoms with E-state index in [-0.39, 0.29) is 16.2 Å². The zero-order chi connectivity index (χ0) is 38.8. The van der Waals surface area contributed by atoms with E-state index in [4.69, 9.17) is 0 Å². The third-order valence-electron chi connectivity index (χ3n) is 14.2. The minimum Gasteiger partial charge on any atom is -0.0654 e. The fourth-order valence-electron chi connectivity index (χ4n) is 11.0. The number of hydrogen-bond acceptors (Lipinski definition) is 0. The van der Waals surface area contributed by atoms with Crippen molar-refractivity contribution in [3.63, 3.8) is 0 Å². The number of rotatable bonds is 12. The van der Waals surface area contributed by atoms with Crippen molar-refractivity contribution >= 4 is 15.9 Å². The topological polar surface area (TPSA) is 0 Å². The van der Waals surface area contributed by atoms with Gasteiger partial charge in [0.1, 0.15) is 0 Å². The molecule has 0 aliphatic heterocycles. The lowest BCUT2D eigenvalue weighted by Crippen LogP contribution is -2.25. The van der Waals surface area contributed by atoms with Gasteiger partial charge in [0.15, 0.2) is 0 Å². The van der Waals surface area contributed by atoms with E-state index in [9.17, 15) is 0 Å². The summed E-state index contributed by atoms with van der Waals surface area (Å²) in [6.07, 6.45) is 12.9. The lowest BCUT2D eigenvalue weighted by Gasteiger charge is -2.33. The van der Waals surface area contributed by atoms with Crippen molar-refractivity contribution in [1.82, 2.24) is 0 Å². The fourth-order valence-corrected chi connectivity index (χ4v) is 11.4. The first-order valence-corrected chi connectivity index (χ1v) is 22.4. The molecular formula is C55H57Br. The number of halogens is 1. The zero-order valence-electron chi connectivity index (χ0n) is 34.4. The molecule has 3 aliphatic carbocycles. The highest BCUT2D eigenvalue weighted by Crippen LogP contribution is 2.56. The second kappa shape index (κ2) is 14.3. The number of unbranched alkanes of at least 4 members (excludes halogenated alkanes) is 6. The quantitative estimate of drug-likeness (QED) is 0.108. The van der Waals surface area contributed by atoms with Crippen LogP contribution in [0, 0.1) is 0 Å². The minimum atomic E-state index is -0.107. The molecule has 0 aromatic heterocycles. The van der Waals surface area contributed by atoms with Crippen LogP contribution in [0.1, 0.15) is 139 Å². The van der Waals surface area contributed by atoms with Crippen LogP contribution in [0.5, 0.6) is 0 Å². The van der Waals surface area contributed by atoms with Crippen molar-refractivity contribution in [2.24, 2.45) is 0 Å². The van der Waals surface area contributed by atoms with Crippen LogP contribution in [0.4, 0.5) is 0 Å².